The van der Waals surface area contributed by atoms with Crippen LogP contribution in [0.2, 0.25) is 0 Å². The van der Waals surface area contributed by atoms with Gasteiger partial charge in [0.2, 0.25) is 5.91 Å². The van der Waals surface area contributed by atoms with Crippen molar-refractivity contribution in [3.63, 3.8) is 0 Å². The molecule has 2 aromatic carbocycles. The van der Waals surface area contributed by atoms with E-state index in [1.54, 1.807) is 0 Å². The molecule has 3 rings (SSSR count). The first-order chi connectivity index (χ1) is 16.1. The maximum Gasteiger partial charge on any atom is 0.416 e. The van der Waals surface area contributed by atoms with Crippen LogP contribution in [0, 0.1) is 3.57 Å². The van der Waals surface area contributed by atoms with Crippen LogP contribution in [0.25, 0.3) is 0 Å². The van der Waals surface area contributed by atoms with Gasteiger partial charge in [-0.25, -0.2) is 0 Å². The average Bonchev–Trinajstić information content (AvgIpc) is 2.75. The number of nitrogens with one attached hydrogen (secondary N) is 1. The van der Waals surface area contributed by atoms with Crippen molar-refractivity contribution >= 4 is 40.2 Å². The number of anilines is 1. The number of nitrogens with zero attached hydrogens (tertiary/aromatic N) is 2. The smallest absolute Gasteiger partial charge is 0.416 e. The first-order valence-corrected chi connectivity index (χ1v) is 12.0. The molecule has 1 amide bonds. The van der Waals surface area contributed by atoms with Crippen LogP contribution in [0.5, 0.6) is 0 Å². The van der Waals surface area contributed by atoms with Crippen LogP contribution in [0.4, 0.5) is 18.9 Å². The molecule has 1 heterocycles. The molecule has 1 aliphatic heterocycles. The van der Waals surface area contributed by atoms with Crippen molar-refractivity contribution in [2.24, 2.45) is 0 Å². The van der Waals surface area contributed by atoms with Gasteiger partial charge in [-0.3, -0.25) is 19.4 Å². The SMILES string of the molecule is CC(=O)OCCN1CCN(Cc2ccc(NC(=O)Cc3cccc(I)c3)cc2C(F)(F)F)CC1. The Morgan fingerprint density at radius 3 is 2.41 bits per heavy atom. The van der Waals surface area contributed by atoms with Gasteiger partial charge in [-0.2, -0.15) is 13.2 Å². The lowest BCUT2D eigenvalue weighted by Gasteiger charge is -2.35. The lowest BCUT2D eigenvalue weighted by molar-refractivity contribution is -0.141. The second kappa shape index (κ2) is 12.0. The molecule has 2 aromatic rings. The van der Waals surface area contributed by atoms with E-state index < -0.39 is 11.7 Å². The molecular weight excluding hydrogens is 562 g/mol. The largest absolute Gasteiger partial charge is 0.465 e. The molecule has 6 nitrogen and oxygen atoms in total. The molecule has 0 radical (unpaired) electrons. The van der Waals surface area contributed by atoms with Crippen LogP contribution in [-0.2, 0) is 33.5 Å². The third kappa shape index (κ3) is 8.24. The summed E-state index contributed by atoms with van der Waals surface area (Å²) in [5.74, 6) is -0.694. The first-order valence-electron chi connectivity index (χ1n) is 10.9. The zero-order valence-electron chi connectivity index (χ0n) is 18.8. The maximum atomic E-state index is 13.8. The molecular formula is C24H27F3IN3O3. The molecule has 1 fully saturated rings. The summed E-state index contributed by atoms with van der Waals surface area (Å²) in [5.41, 5.74) is 0.361. The van der Waals surface area contributed by atoms with Gasteiger partial charge >= 0.3 is 12.1 Å². The van der Waals surface area contributed by atoms with E-state index in [2.05, 4.69) is 32.8 Å². The second-order valence-electron chi connectivity index (χ2n) is 8.18. The number of hydrogen-bond acceptors (Lipinski definition) is 5. The van der Waals surface area contributed by atoms with Crippen molar-refractivity contribution in [2.75, 3.05) is 44.6 Å². The second-order valence-corrected chi connectivity index (χ2v) is 9.43. The van der Waals surface area contributed by atoms with Gasteiger partial charge in [0.15, 0.2) is 0 Å². The number of alkyl halides is 3. The number of benzene rings is 2. The molecule has 1 N–H and O–H groups in total. The Morgan fingerprint density at radius 1 is 1.06 bits per heavy atom. The van der Waals surface area contributed by atoms with E-state index in [-0.39, 0.29) is 36.1 Å². The van der Waals surface area contributed by atoms with Crippen LogP contribution < -0.4 is 5.32 Å². The summed E-state index contributed by atoms with van der Waals surface area (Å²) in [5, 5.41) is 2.59. The molecule has 1 aliphatic rings. The van der Waals surface area contributed by atoms with Crippen LogP contribution in [0.1, 0.15) is 23.6 Å². The van der Waals surface area contributed by atoms with E-state index in [0.717, 1.165) is 15.2 Å². The third-order valence-corrected chi connectivity index (χ3v) is 6.20. The summed E-state index contributed by atoms with van der Waals surface area (Å²) in [6.07, 6.45) is -4.45. The van der Waals surface area contributed by atoms with Gasteiger partial charge in [-0.1, -0.05) is 18.2 Å². The van der Waals surface area contributed by atoms with Gasteiger partial charge in [0.25, 0.3) is 0 Å². The van der Waals surface area contributed by atoms with E-state index in [1.807, 2.05) is 29.2 Å². The minimum Gasteiger partial charge on any atom is -0.465 e. The molecule has 0 spiro atoms. The zero-order chi connectivity index (χ0) is 24.7. The van der Waals surface area contributed by atoms with Gasteiger partial charge in [0.05, 0.1) is 12.0 Å². The van der Waals surface area contributed by atoms with Crippen molar-refractivity contribution in [3.05, 3.63) is 62.7 Å². The molecule has 184 valence electrons. The molecule has 0 saturated carbocycles. The van der Waals surface area contributed by atoms with Gasteiger partial charge < -0.3 is 10.1 Å². The quantitative estimate of drug-likeness (QED) is 0.370. The zero-order valence-corrected chi connectivity index (χ0v) is 21.0. The summed E-state index contributed by atoms with van der Waals surface area (Å²) in [6.45, 7) is 5.06. The molecule has 0 atom stereocenters. The Kier molecular flexibility index (Phi) is 9.31. The van der Waals surface area contributed by atoms with E-state index in [1.165, 1.54) is 19.1 Å². The highest BCUT2D eigenvalue weighted by Crippen LogP contribution is 2.34. The fraction of sp³-hybridized carbons (Fsp3) is 0.417. The molecule has 10 heteroatoms. The summed E-state index contributed by atoms with van der Waals surface area (Å²) in [4.78, 5) is 27.3. The molecule has 0 unspecified atom stereocenters. The standard InChI is InChI=1S/C24H27F3IN3O3/c1-17(32)34-12-11-30-7-9-31(10-8-30)16-19-5-6-21(15-22(19)24(25,26)27)29-23(33)14-18-3-2-4-20(28)13-18/h2-6,13,15H,7-12,14,16H2,1H3,(H,29,33). The number of carbonyl (C=O) groups is 2. The summed E-state index contributed by atoms with van der Waals surface area (Å²) in [6, 6.07) is 11.4. The van der Waals surface area contributed by atoms with Crippen molar-refractivity contribution in [1.29, 1.82) is 0 Å². The Labute approximate surface area is 210 Å². The summed E-state index contributed by atoms with van der Waals surface area (Å²) in [7, 11) is 0. The predicted octanol–water partition coefficient (Wildman–Crippen LogP) is 4.17. The first kappa shape index (κ1) is 26.4. The van der Waals surface area contributed by atoms with Crippen LogP contribution >= 0.6 is 22.6 Å². The van der Waals surface area contributed by atoms with Gasteiger partial charge in [-0.15, -0.1) is 0 Å². The lowest BCUT2D eigenvalue weighted by Crippen LogP contribution is -2.47. The Morgan fingerprint density at radius 2 is 1.76 bits per heavy atom. The third-order valence-electron chi connectivity index (χ3n) is 5.52. The van der Waals surface area contributed by atoms with E-state index in [0.29, 0.717) is 39.3 Å². The molecule has 0 bridgehead atoms. The monoisotopic (exact) mass is 589 g/mol. The van der Waals surface area contributed by atoms with Gasteiger partial charge in [-0.05, 0) is 58.0 Å². The molecule has 0 aliphatic carbocycles. The molecule has 0 aromatic heterocycles. The van der Waals surface area contributed by atoms with Crippen LogP contribution in [-0.4, -0.2) is 61.0 Å². The highest BCUT2D eigenvalue weighted by molar-refractivity contribution is 14.1. The van der Waals surface area contributed by atoms with Crippen LogP contribution in [0.15, 0.2) is 42.5 Å². The molecule has 34 heavy (non-hydrogen) atoms. The van der Waals surface area contributed by atoms with Crippen molar-refractivity contribution < 1.29 is 27.5 Å². The minimum atomic E-state index is -4.53. The average molecular weight is 589 g/mol. The Hall–Kier alpha value is -2.18. The lowest BCUT2D eigenvalue weighted by atomic mass is 10.0. The number of esters is 1. The van der Waals surface area contributed by atoms with Gasteiger partial charge in [0, 0.05) is 55.4 Å². The normalized spacial score (nSPS) is 15.2. The van der Waals surface area contributed by atoms with Crippen molar-refractivity contribution in [3.8, 4) is 0 Å². The number of hydrogen-bond donors (Lipinski definition) is 1. The van der Waals surface area contributed by atoms with Crippen molar-refractivity contribution in [1.82, 2.24) is 9.80 Å². The van der Waals surface area contributed by atoms with Crippen molar-refractivity contribution in [2.45, 2.75) is 26.1 Å². The highest BCUT2D eigenvalue weighted by atomic mass is 127. The highest BCUT2D eigenvalue weighted by Gasteiger charge is 2.34. The number of rotatable bonds is 8. The number of amides is 1. The van der Waals surface area contributed by atoms with Gasteiger partial charge in [0.1, 0.15) is 6.61 Å². The number of carbonyl (C=O) groups excluding carboxylic acids is 2. The van der Waals surface area contributed by atoms with E-state index in [9.17, 15) is 22.8 Å². The minimum absolute atomic E-state index is 0.0850. The Balaban J connectivity index is 1.60. The fourth-order valence-electron chi connectivity index (χ4n) is 3.82. The summed E-state index contributed by atoms with van der Waals surface area (Å²) < 4.78 is 47.3. The topological polar surface area (TPSA) is 61.9 Å². The molecule has 1 saturated heterocycles. The Bertz CT molecular complexity index is 1010. The summed E-state index contributed by atoms with van der Waals surface area (Å²) >= 11 is 2.14. The maximum absolute atomic E-state index is 13.8. The predicted molar refractivity (Wildman–Crippen MR) is 131 cm³/mol. The van der Waals surface area contributed by atoms with E-state index >= 15 is 0 Å². The van der Waals surface area contributed by atoms with E-state index in [4.69, 9.17) is 4.74 Å². The number of piperazine rings is 1. The van der Waals surface area contributed by atoms with Crippen LogP contribution in [0.3, 0.4) is 0 Å². The number of ether oxygens (including phenoxy) is 1. The number of halogens is 4. The fourth-order valence-corrected chi connectivity index (χ4v) is 4.43.